The minimum absolute atomic E-state index is 0.231. The van der Waals surface area contributed by atoms with E-state index in [9.17, 15) is 4.39 Å². The number of hydrogen-bond donors (Lipinski definition) is 1. The van der Waals surface area contributed by atoms with Crippen molar-refractivity contribution in [3.05, 3.63) is 83.9 Å². The number of halogens is 1. The molecule has 0 aliphatic heterocycles. The summed E-state index contributed by atoms with van der Waals surface area (Å²) in [5, 5.41) is 11.8. The summed E-state index contributed by atoms with van der Waals surface area (Å²) in [4.78, 5) is 2.15. The van der Waals surface area contributed by atoms with Crippen LogP contribution in [0.5, 0.6) is 0 Å². The molecule has 0 saturated carbocycles. The van der Waals surface area contributed by atoms with Crippen molar-refractivity contribution in [2.75, 3.05) is 19.4 Å². The molecule has 4 aromatic rings. The van der Waals surface area contributed by atoms with Gasteiger partial charge in [-0.3, -0.25) is 4.40 Å². The van der Waals surface area contributed by atoms with E-state index < -0.39 is 0 Å². The number of anilines is 1. The van der Waals surface area contributed by atoms with Crippen molar-refractivity contribution in [2.45, 2.75) is 13.1 Å². The van der Waals surface area contributed by atoms with E-state index in [1.54, 1.807) is 18.5 Å². The Morgan fingerprint density at radius 2 is 1.64 bits per heavy atom. The molecule has 0 saturated heterocycles. The molecule has 0 aliphatic carbocycles. The first-order chi connectivity index (χ1) is 13.6. The average molecular weight is 375 g/mol. The fourth-order valence-corrected chi connectivity index (χ4v) is 3.23. The topological polar surface area (TPSA) is 45.5 Å². The molecule has 6 heteroatoms. The molecule has 2 aromatic heterocycles. The highest BCUT2D eigenvalue weighted by Gasteiger charge is 2.10. The molecule has 0 aliphatic rings. The van der Waals surface area contributed by atoms with E-state index in [0.717, 1.165) is 34.7 Å². The maximum Gasteiger partial charge on any atom is 0.170 e. The van der Waals surface area contributed by atoms with E-state index in [0.29, 0.717) is 6.54 Å². The molecule has 28 heavy (non-hydrogen) atoms. The van der Waals surface area contributed by atoms with Gasteiger partial charge in [-0.25, -0.2) is 4.39 Å². The fourth-order valence-electron chi connectivity index (χ4n) is 3.23. The third-order valence-electron chi connectivity index (χ3n) is 4.61. The van der Waals surface area contributed by atoms with Crippen molar-refractivity contribution in [3.63, 3.8) is 0 Å². The molecule has 0 unspecified atom stereocenters. The van der Waals surface area contributed by atoms with Crippen LogP contribution < -0.4 is 5.32 Å². The number of rotatable bonds is 6. The molecule has 4 rings (SSSR count). The van der Waals surface area contributed by atoms with Crippen LogP contribution in [0.2, 0.25) is 0 Å². The Morgan fingerprint density at radius 1 is 0.929 bits per heavy atom. The molecule has 0 radical (unpaired) electrons. The Hall–Kier alpha value is -3.25. The summed E-state index contributed by atoms with van der Waals surface area (Å²) in [6.45, 7) is 1.50. The highest BCUT2D eigenvalue weighted by molar-refractivity contribution is 5.79. The first-order valence-corrected chi connectivity index (χ1v) is 9.15. The van der Waals surface area contributed by atoms with Gasteiger partial charge in [0.1, 0.15) is 18.0 Å². The van der Waals surface area contributed by atoms with E-state index in [2.05, 4.69) is 64.8 Å². The molecule has 0 amide bonds. The summed E-state index contributed by atoms with van der Waals surface area (Å²) in [6, 6.07) is 19.1. The molecule has 0 spiro atoms. The van der Waals surface area contributed by atoms with Crippen molar-refractivity contribution in [2.24, 2.45) is 0 Å². The predicted molar refractivity (Wildman–Crippen MR) is 110 cm³/mol. The van der Waals surface area contributed by atoms with E-state index >= 15 is 0 Å². The van der Waals surface area contributed by atoms with Gasteiger partial charge in [0.25, 0.3) is 0 Å². The third-order valence-corrected chi connectivity index (χ3v) is 4.61. The number of pyridine rings is 1. The summed E-state index contributed by atoms with van der Waals surface area (Å²) >= 11 is 0. The molecular formula is C22H22FN5. The van der Waals surface area contributed by atoms with Gasteiger partial charge in [-0.15, -0.1) is 10.2 Å². The van der Waals surface area contributed by atoms with Gasteiger partial charge in [0.15, 0.2) is 5.65 Å². The molecule has 2 heterocycles. The zero-order valence-corrected chi connectivity index (χ0v) is 15.9. The second kappa shape index (κ2) is 7.78. The van der Waals surface area contributed by atoms with E-state index in [4.69, 9.17) is 0 Å². The molecule has 1 N–H and O–H groups in total. The average Bonchev–Trinajstić information content (AvgIpc) is 3.18. The van der Waals surface area contributed by atoms with Crippen LogP contribution in [0.15, 0.2) is 67.0 Å². The van der Waals surface area contributed by atoms with Gasteiger partial charge in [-0.2, -0.15) is 0 Å². The van der Waals surface area contributed by atoms with Crippen LogP contribution in [0.3, 0.4) is 0 Å². The normalized spacial score (nSPS) is 11.3. The van der Waals surface area contributed by atoms with Crippen LogP contribution in [0, 0.1) is 5.82 Å². The predicted octanol–water partition coefficient (Wildman–Crippen LogP) is 4.21. The molecular weight excluding hydrogens is 353 g/mol. The van der Waals surface area contributed by atoms with Crippen molar-refractivity contribution in [3.8, 4) is 11.1 Å². The lowest BCUT2D eigenvalue weighted by Gasteiger charge is -2.12. The van der Waals surface area contributed by atoms with Crippen molar-refractivity contribution in [1.29, 1.82) is 0 Å². The minimum Gasteiger partial charge on any atom is -0.367 e. The van der Waals surface area contributed by atoms with Crippen LogP contribution in [-0.2, 0) is 13.1 Å². The van der Waals surface area contributed by atoms with Crippen LogP contribution in [-0.4, -0.2) is 33.6 Å². The molecule has 2 aromatic carbocycles. The quantitative estimate of drug-likeness (QED) is 0.548. The fraction of sp³-hybridized carbons (Fsp3) is 0.182. The zero-order valence-electron chi connectivity index (χ0n) is 15.9. The van der Waals surface area contributed by atoms with E-state index in [1.807, 2.05) is 10.5 Å². The summed E-state index contributed by atoms with van der Waals surface area (Å²) < 4.78 is 15.0. The van der Waals surface area contributed by atoms with Crippen LogP contribution in [0.1, 0.15) is 11.1 Å². The van der Waals surface area contributed by atoms with E-state index in [-0.39, 0.29) is 5.82 Å². The Bertz CT molecular complexity index is 1070. The van der Waals surface area contributed by atoms with Crippen molar-refractivity contribution in [1.82, 2.24) is 19.5 Å². The molecule has 0 fully saturated rings. The second-order valence-electron chi connectivity index (χ2n) is 7.07. The van der Waals surface area contributed by atoms with E-state index in [1.165, 1.54) is 17.7 Å². The van der Waals surface area contributed by atoms with Crippen LogP contribution >= 0.6 is 0 Å². The number of benzene rings is 2. The largest absolute Gasteiger partial charge is 0.367 e. The smallest absolute Gasteiger partial charge is 0.170 e. The standard InChI is InChI=1S/C22H22FN5/c1-27(2)14-17-3-7-18(8-4-17)20-11-12-21(28-15-25-26-22(20)28)24-13-16-5-9-19(23)10-6-16/h3-12,15,24H,13-14H2,1-2H3. The summed E-state index contributed by atoms with van der Waals surface area (Å²) in [5.41, 5.74) is 5.20. The monoisotopic (exact) mass is 375 g/mol. The highest BCUT2D eigenvalue weighted by atomic mass is 19.1. The molecule has 142 valence electrons. The van der Waals surface area contributed by atoms with Gasteiger partial charge in [-0.1, -0.05) is 36.4 Å². The Morgan fingerprint density at radius 3 is 2.36 bits per heavy atom. The first-order valence-electron chi connectivity index (χ1n) is 9.15. The highest BCUT2D eigenvalue weighted by Crippen LogP contribution is 2.26. The summed E-state index contributed by atoms with van der Waals surface area (Å²) in [5.74, 6) is 0.656. The molecule has 0 atom stereocenters. The maximum atomic E-state index is 13.1. The van der Waals surface area contributed by atoms with Gasteiger partial charge in [0.2, 0.25) is 0 Å². The number of aromatic nitrogens is 3. The molecule has 5 nitrogen and oxygen atoms in total. The summed E-state index contributed by atoms with van der Waals surface area (Å²) in [6.07, 6.45) is 1.70. The van der Waals surface area contributed by atoms with Gasteiger partial charge >= 0.3 is 0 Å². The Balaban J connectivity index is 1.59. The lowest BCUT2D eigenvalue weighted by atomic mass is 10.0. The van der Waals surface area contributed by atoms with Crippen LogP contribution in [0.4, 0.5) is 10.2 Å². The minimum atomic E-state index is -0.231. The van der Waals surface area contributed by atoms with Gasteiger partial charge in [0, 0.05) is 18.7 Å². The van der Waals surface area contributed by atoms with Gasteiger partial charge in [0.05, 0.1) is 0 Å². The van der Waals surface area contributed by atoms with Gasteiger partial charge in [-0.05, 0) is 55.1 Å². The number of hydrogen-bond acceptors (Lipinski definition) is 4. The van der Waals surface area contributed by atoms with Crippen molar-refractivity contribution < 1.29 is 4.39 Å². The third kappa shape index (κ3) is 3.87. The van der Waals surface area contributed by atoms with Crippen LogP contribution in [0.25, 0.3) is 16.8 Å². The lowest BCUT2D eigenvalue weighted by molar-refractivity contribution is 0.402. The first kappa shape index (κ1) is 18.1. The Kier molecular flexibility index (Phi) is 5.04. The zero-order chi connectivity index (χ0) is 19.5. The van der Waals surface area contributed by atoms with Crippen molar-refractivity contribution >= 4 is 11.5 Å². The molecule has 0 bridgehead atoms. The summed E-state index contributed by atoms with van der Waals surface area (Å²) in [7, 11) is 4.12. The maximum absolute atomic E-state index is 13.1. The van der Waals surface area contributed by atoms with Gasteiger partial charge < -0.3 is 10.2 Å². The SMILES string of the molecule is CN(C)Cc1ccc(-c2ccc(NCc3ccc(F)cc3)n3cnnc23)cc1. The second-order valence-corrected chi connectivity index (χ2v) is 7.07. The lowest BCUT2D eigenvalue weighted by Crippen LogP contribution is -2.10. The number of nitrogens with zero attached hydrogens (tertiary/aromatic N) is 4. The number of fused-ring (bicyclic) bond motifs is 1. The Labute approximate surface area is 163 Å². The number of nitrogens with one attached hydrogen (secondary N) is 1.